The van der Waals surface area contributed by atoms with Gasteiger partial charge in [0.05, 0.1) is 34.1 Å². The Morgan fingerprint density at radius 3 is 1.97 bits per heavy atom. The third-order valence-electron chi connectivity index (χ3n) is 6.35. The zero-order valence-electron chi connectivity index (χ0n) is 21.6. The van der Waals surface area contributed by atoms with Crippen LogP contribution in [0.5, 0.6) is 23.0 Å². The first kappa shape index (κ1) is 24.4. The molecule has 0 aliphatic rings. The molecule has 0 radical (unpaired) electrons. The molecule has 5 heteroatoms. The number of ether oxygens (including phenoxy) is 4. The van der Waals surface area contributed by atoms with Gasteiger partial charge < -0.3 is 18.9 Å². The van der Waals surface area contributed by atoms with Crippen molar-refractivity contribution < 1.29 is 18.9 Å². The van der Waals surface area contributed by atoms with Crippen LogP contribution in [0.15, 0.2) is 60.8 Å². The summed E-state index contributed by atoms with van der Waals surface area (Å²) < 4.78 is 22.6. The minimum Gasteiger partial charge on any atom is -0.493 e. The van der Waals surface area contributed by atoms with Crippen molar-refractivity contribution in [3.8, 4) is 34.1 Å². The lowest BCUT2D eigenvalue weighted by molar-refractivity contribution is 0.354. The molecule has 0 saturated heterocycles. The molecule has 0 spiro atoms. The minimum absolute atomic E-state index is 0.0835. The Kier molecular flexibility index (Phi) is 6.88. The second-order valence-electron chi connectivity index (χ2n) is 9.54. The first-order valence-corrected chi connectivity index (χ1v) is 11.6. The van der Waals surface area contributed by atoms with Crippen molar-refractivity contribution in [2.24, 2.45) is 0 Å². The van der Waals surface area contributed by atoms with E-state index < -0.39 is 0 Å². The number of benzene rings is 3. The van der Waals surface area contributed by atoms with Gasteiger partial charge in [0, 0.05) is 29.0 Å². The Morgan fingerprint density at radius 1 is 0.686 bits per heavy atom. The van der Waals surface area contributed by atoms with E-state index >= 15 is 0 Å². The number of pyridine rings is 1. The van der Waals surface area contributed by atoms with Gasteiger partial charge in [0.2, 0.25) is 0 Å². The standard InChI is InChI=1S/C30H33NO4/c1-30(2,3)21-11-9-20(10-12-21)23-18-24-22(28(34-6)29(23)35-7)14-15-31-25(24)16-19-8-13-26(32-4)27(17-19)33-5/h8-15,17-18H,16H2,1-7H3. The highest BCUT2D eigenvalue weighted by Crippen LogP contribution is 2.45. The van der Waals surface area contributed by atoms with Crippen LogP contribution in [-0.4, -0.2) is 33.4 Å². The summed E-state index contributed by atoms with van der Waals surface area (Å²) in [5, 5.41) is 1.99. The van der Waals surface area contributed by atoms with Gasteiger partial charge in [-0.3, -0.25) is 4.98 Å². The summed E-state index contributed by atoms with van der Waals surface area (Å²) in [5.41, 5.74) is 5.43. The number of hydrogen-bond acceptors (Lipinski definition) is 5. The molecular weight excluding hydrogens is 438 g/mol. The molecule has 3 aromatic carbocycles. The Hall–Kier alpha value is -3.73. The van der Waals surface area contributed by atoms with E-state index in [1.54, 1.807) is 28.4 Å². The molecule has 0 unspecified atom stereocenters. The third kappa shape index (κ3) is 4.76. The molecule has 1 aromatic heterocycles. The Bertz CT molecular complexity index is 1340. The van der Waals surface area contributed by atoms with Crippen LogP contribution >= 0.6 is 0 Å². The molecule has 0 saturated carbocycles. The predicted molar refractivity (Wildman–Crippen MR) is 141 cm³/mol. The molecular formula is C30H33NO4. The van der Waals surface area contributed by atoms with Crippen molar-refractivity contribution in [3.05, 3.63) is 77.6 Å². The lowest BCUT2D eigenvalue weighted by Gasteiger charge is -2.20. The molecule has 0 amide bonds. The van der Waals surface area contributed by atoms with Gasteiger partial charge in [-0.25, -0.2) is 0 Å². The van der Waals surface area contributed by atoms with E-state index in [4.69, 9.17) is 23.9 Å². The van der Waals surface area contributed by atoms with Crippen molar-refractivity contribution in [3.63, 3.8) is 0 Å². The molecule has 0 atom stereocenters. The number of methoxy groups -OCH3 is 4. The van der Waals surface area contributed by atoms with Crippen molar-refractivity contribution in [2.75, 3.05) is 28.4 Å². The SMILES string of the molecule is COc1ccc(Cc2nccc3c(OC)c(OC)c(-c4ccc(C(C)(C)C)cc4)cc23)cc1OC. The monoisotopic (exact) mass is 471 g/mol. The van der Waals surface area contributed by atoms with Crippen LogP contribution in [0.3, 0.4) is 0 Å². The molecule has 182 valence electrons. The maximum atomic E-state index is 5.87. The average Bonchev–Trinajstić information content (AvgIpc) is 2.87. The fourth-order valence-corrected chi connectivity index (χ4v) is 4.42. The van der Waals surface area contributed by atoms with Crippen LogP contribution in [0.1, 0.15) is 37.6 Å². The molecule has 5 nitrogen and oxygen atoms in total. The Labute approximate surface area is 207 Å². The number of aromatic nitrogens is 1. The molecule has 0 N–H and O–H groups in total. The molecule has 0 aliphatic heterocycles. The van der Waals surface area contributed by atoms with Gasteiger partial charge in [-0.2, -0.15) is 0 Å². The van der Waals surface area contributed by atoms with Crippen molar-refractivity contribution in [1.82, 2.24) is 4.98 Å². The summed E-state index contributed by atoms with van der Waals surface area (Å²) in [6, 6.07) is 18.7. The highest BCUT2D eigenvalue weighted by Gasteiger charge is 2.20. The molecule has 35 heavy (non-hydrogen) atoms. The first-order valence-electron chi connectivity index (χ1n) is 11.6. The van der Waals surface area contributed by atoms with Gasteiger partial charge in [0.1, 0.15) is 0 Å². The fourth-order valence-electron chi connectivity index (χ4n) is 4.42. The van der Waals surface area contributed by atoms with E-state index in [1.165, 1.54) is 5.56 Å². The number of rotatable bonds is 7. The van der Waals surface area contributed by atoms with Gasteiger partial charge in [0.25, 0.3) is 0 Å². The van der Waals surface area contributed by atoms with Crippen LogP contribution in [0.2, 0.25) is 0 Å². The van der Waals surface area contributed by atoms with Crippen molar-refractivity contribution in [2.45, 2.75) is 32.6 Å². The van der Waals surface area contributed by atoms with E-state index in [1.807, 2.05) is 30.5 Å². The zero-order chi connectivity index (χ0) is 25.2. The maximum absolute atomic E-state index is 5.87. The molecule has 1 heterocycles. The summed E-state index contributed by atoms with van der Waals surface area (Å²) in [4.78, 5) is 4.74. The van der Waals surface area contributed by atoms with E-state index in [0.29, 0.717) is 29.4 Å². The summed E-state index contributed by atoms with van der Waals surface area (Å²) in [7, 11) is 6.64. The average molecular weight is 472 g/mol. The van der Waals surface area contributed by atoms with Crippen LogP contribution in [0, 0.1) is 0 Å². The second-order valence-corrected chi connectivity index (χ2v) is 9.54. The zero-order valence-corrected chi connectivity index (χ0v) is 21.6. The molecule has 4 aromatic rings. The number of nitrogens with zero attached hydrogens (tertiary/aromatic N) is 1. The highest BCUT2D eigenvalue weighted by molar-refractivity contribution is 5.98. The van der Waals surface area contributed by atoms with E-state index in [-0.39, 0.29) is 5.41 Å². The van der Waals surface area contributed by atoms with Gasteiger partial charge in [0.15, 0.2) is 23.0 Å². The smallest absolute Gasteiger partial charge is 0.169 e. The second kappa shape index (κ2) is 9.87. The molecule has 0 aliphatic carbocycles. The van der Waals surface area contributed by atoms with E-state index in [0.717, 1.165) is 33.2 Å². The largest absolute Gasteiger partial charge is 0.493 e. The Morgan fingerprint density at radius 2 is 1.37 bits per heavy atom. The van der Waals surface area contributed by atoms with Crippen LogP contribution < -0.4 is 18.9 Å². The molecule has 0 bridgehead atoms. The minimum atomic E-state index is 0.0835. The van der Waals surface area contributed by atoms with Crippen molar-refractivity contribution in [1.29, 1.82) is 0 Å². The molecule has 4 rings (SSSR count). The quantitative estimate of drug-likeness (QED) is 0.296. The topological polar surface area (TPSA) is 49.8 Å². The summed E-state index contributed by atoms with van der Waals surface area (Å²) >= 11 is 0. The number of hydrogen-bond donors (Lipinski definition) is 0. The number of fused-ring (bicyclic) bond motifs is 1. The van der Waals surface area contributed by atoms with Gasteiger partial charge >= 0.3 is 0 Å². The fraction of sp³-hybridized carbons (Fsp3) is 0.300. The van der Waals surface area contributed by atoms with E-state index in [2.05, 4.69) is 51.1 Å². The summed E-state index contributed by atoms with van der Waals surface area (Å²) in [6.07, 6.45) is 2.45. The van der Waals surface area contributed by atoms with Gasteiger partial charge in [-0.15, -0.1) is 0 Å². The maximum Gasteiger partial charge on any atom is 0.169 e. The lowest BCUT2D eigenvalue weighted by Crippen LogP contribution is -2.10. The van der Waals surface area contributed by atoms with E-state index in [9.17, 15) is 0 Å². The first-order chi connectivity index (χ1) is 16.8. The van der Waals surface area contributed by atoms with Crippen LogP contribution in [-0.2, 0) is 11.8 Å². The molecule has 0 fully saturated rings. The lowest BCUT2D eigenvalue weighted by atomic mass is 9.86. The third-order valence-corrected chi connectivity index (χ3v) is 6.35. The normalized spacial score (nSPS) is 11.4. The van der Waals surface area contributed by atoms with Crippen LogP contribution in [0.4, 0.5) is 0 Å². The highest BCUT2D eigenvalue weighted by atomic mass is 16.5. The van der Waals surface area contributed by atoms with Crippen molar-refractivity contribution >= 4 is 10.8 Å². The summed E-state index contributed by atoms with van der Waals surface area (Å²) in [6.45, 7) is 6.65. The van der Waals surface area contributed by atoms with Crippen LogP contribution in [0.25, 0.3) is 21.9 Å². The summed E-state index contributed by atoms with van der Waals surface area (Å²) in [5.74, 6) is 2.82. The Balaban J connectivity index is 1.87. The predicted octanol–water partition coefficient (Wildman–Crippen LogP) is 6.82. The van der Waals surface area contributed by atoms with Gasteiger partial charge in [-0.1, -0.05) is 51.1 Å². The van der Waals surface area contributed by atoms with Gasteiger partial charge in [-0.05, 0) is 46.4 Å².